The first-order chi connectivity index (χ1) is 9.61. The summed E-state index contributed by atoms with van der Waals surface area (Å²) in [6, 6.07) is 8.98. The summed E-state index contributed by atoms with van der Waals surface area (Å²) >= 11 is 3.36. The number of halogens is 3. The maximum Gasteiger partial charge on any atom is 0.125 e. The Bertz CT molecular complexity index is 648. The molecule has 2 aromatic rings. The lowest BCUT2D eigenvalue weighted by Gasteiger charge is -2.14. The summed E-state index contributed by atoms with van der Waals surface area (Å²) in [5, 5.41) is 3.14. The Morgan fingerprint density at radius 3 is 2.75 bits per heavy atom. The van der Waals surface area contributed by atoms with Crippen LogP contribution in [0.15, 0.2) is 40.9 Å². The standard InChI is InChI=1S/C15H12BrF2NO/c16-13-3-1-11(18)7-14(13)19-8-12-6-9-5-10(17)2-4-15(9)20-12/h1-5,7,12,19H,6,8H2. The average molecular weight is 340 g/mol. The van der Waals surface area contributed by atoms with Crippen LogP contribution in [0.2, 0.25) is 0 Å². The Kier molecular flexibility index (Phi) is 3.61. The Morgan fingerprint density at radius 1 is 1.15 bits per heavy atom. The molecule has 3 rings (SSSR count). The van der Waals surface area contributed by atoms with E-state index < -0.39 is 0 Å². The lowest BCUT2D eigenvalue weighted by atomic mass is 10.1. The van der Waals surface area contributed by atoms with Crippen LogP contribution in [0.3, 0.4) is 0 Å². The molecule has 1 aliphatic rings. The molecule has 1 aliphatic heterocycles. The lowest BCUT2D eigenvalue weighted by Crippen LogP contribution is -2.24. The predicted molar refractivity (Wildman–Crippen MR) is 77.1 cm³/mol. The van der Waals surface area contributed by atoms with E-state index in [1.165, 1.54) is 24.3 Å². The fourth-order valence-electron chi connectivity index (χ4n) is 2.26. The molecule has 2 nitrogen and oxygen atoms in total. The van der Waals surface area contributed by atoms with Gasteiger partial charge >= 0.3 is 0 Å². The summed E-state index contributed by atoms with van der Waals surface area (Å²) in [6.07, 6.45) is 0.564. The highest BCUT2D eigenvalue weighted by atomic mass is 79.9. The van der Waals surface area contributed by atoms with Gasteiger partial charge in [-0.05, 0) is 52.3 Å². The van der Waals surface area contributed by atoms with Gasteiger partial charge in [0.05, 0.1) is 12.2 Å². The molecule has 0 spiro atoms. The van der Waals surface area contributed by atoms with Crippen LogP contribution >= 0.6 is 15.9 Å². The summed E-state index contributed by atoms with van der Waals surface area (Å²) in [6.45, 7) is 0.526. The Morgan fingerprint density at radius 2 is 1.90 bits per heavy atom. The van der Waals surface area contributed by atoms with Crippen molar-refractivity contribution < 1.29 is 13.5 Å². The second kappa shape index (κ2) is 5.40. The summed E-state index contributed by atoms with van der Waals surface area (Å²) < 4.78 is 32.8. The second-order valence-corrected chi connectivity index (χ2v) is 5.56. The number of fused-ring (bicyclic) bond motifs is 1. The van der Waals surface area contributed by atoms with Crippen molar-refractivity contribution in [1.29, 1.82) is 0 Å². The molecule has 0 saturated carbocycles. The second-order valence-electron chi connectivity index (χ2n) is 4.70. The van der Waals surface area contributed by atoms with E-state index in [2.05, 4.69) is 21.2 Å². The van der Waals surface area contributed by atoms with E-state index in [9.17, 15) is 8.78 Å². The number of anilines is 1. The molecule has 1 atom stereocenters. The van der Waals surface area contributed by atoms with Crippen molar-refractivity contribution in [1.82, 2.24) is 0 Å². The van der Waals surface area contributed by atoms with Gasteiger partial charge < -0.3 is 10.1 Å². The summed E-state index contributed by atoms with van der Waals surface area (Å²) in [5.41, 5.74) is 1.55. The van der Waals surface area contributed by atoms with Crippen molar-refractivity contribution >= 4 is 21.6 Å². The molecule has 0 bridgehead atoms. The van der Waals surface area contributed by atoms with Crippen LogP contribution in [-0.4, -0.2) is 12.6 Å². The van der Waals surface area contributed by atoms with Crippen molar-refractivity contribution in [2.75, 3.05) is 11.9 Å². The molecule has 0 aliphatic carbocycles. The Balaban J connectivity index is 1.65. The molecule has 104 valence electrons. The highest BCUT2D eigenvalue weighted by Gasteiger charge is 2.23. The van der Waals surface area contributed by atoms with E-state index >= 15 is 0 Å². The smallest absolute Gasteiger partial charge is 0.125 e. The zero-order valence-electron chi connectivity index (χ0n) is 10.5. The third-order valence-electron chi connectivity index (χ3n) is 3.21. The molecule has 1 N–H and O–H groups in total. The van der Waals surface area contributed by atoms with Crippen LogP contribution in [0, 0.1) is 11.6 Å². The molecule has 0 aromatic heterocycles. The van der Waals surface area contributed by atoms with Gasteiger partial charge in [-0.3, -0.25) is 0 Å². The predicted octanol–water partition coefficient (Wildman–Crippen LogP) is 4.14. The highest BCUT2D eigenvalue weighted by Crippen LogP contribution is 2.30. The summed E-state index contributed by atoms with van der Waals surface area (Å²) in [7, 11) is 0. The van der Waals surface area contributed by atoms with Gasteiger partial charge in [0, 0.05) is 16.5 Å². The first-order valence-electron chi connectivity index (χ1n) is 6.26. The lowest BCUT2D eigenvalue weighted by molar-refractivity contribution is 0.246. The minimum absolute atomic E-state index is 0.0815. The van der Waals surface area contributed by atoms with E-state index in [1.54, 1.807) is 12.1 Å². The molecule has 2 aromatic carbocycles. The molecule has 0 radical (unpaired) electrons. The van der Waals surface area contributed by atoms with E-state index in [0.717, 1.165) is 15.8 Å². The van der Waals surface area contributed by atoms with E-state index in [4.69, 9.17) is 4.74 Å². The molecule has 5 heteroatoms. The van der Waals surface area contributed by atoms with Gasteiger partial charge in [0.25, 0.3) is 0 Å². The maximum absolute atomic E-state index is 13.2. The van der Waals surface area contributed by atoms with Crippen LogP contribution in [0.4, 0.5) is 14.5 Å². The van der Waals surface area contributed by atoms with Crippen molar-refractivity contribution in [3.8, 4) is 5.75 Å². The van der Waals surface area contributed by atoms with Gasteiger partial charge in [0.2, 0.25) is 0 Å². The molecule has 0 fully saturated rings. The topological polar surface area (TPSA) is 21.3 Å². The van der Waals surface area contributed by atoms with Crippen molar-refractivity contribution in [3.05, 3.63) is 58.1 Å². The summed E-state index contributed by atoms with van der Waals surface area (Å²) in [5.74, 6) is 0.165. The zero-order valence-corrected chi connectivity index (χ0v) is 12.1. The third-order valence-corrected chi connectivity index (χ3v) is 3.90. The first kappa shape index (κ1) is 13.4. The number of benzene rings is 2. The fraction of sp³-hybridized carbons (Fsp3) is 0.200. The van der Waals surface area contributed by atoms with Gasteiger partial charge in [-0.1, -0.05) is 0 Å². The van der Waals surface area contributed by atoms with Crippen molar-refractivity contribution in [2.24, 2.45) is 0 Å². The Hall–Kier alpha value is -1.62. The van der Waals surface area contributed by atoms with Crippen molar-refractivity contribution in [3.63, 3.8) is 0 Å². The molecule has 1 unspecified atom stereocenters. The fourth-order valence-corrected chi connectivity index (χ4v) is 2.65. The minimum atomic E-state index is -0.298. The normalized spacial score (nSPS) is 16.6. The van der Waals surface area contributed by atoms with Crippen molar-refractivity contribution in [2.45, 2.75) is 12.5 Å². The zero-order chi connectivity index (χ0) is 14.1. The van der Waals surface area contributed by atoms with Crippen LogP contribution < -0.4 is 10.1 Å². The molecule has 0 saturated heterocycles. The number of hydrogen-bond acceptors (Lipinski definition) is 2. The SMILES string of the molecule is Fc1ccc2c(c1)CC(CNc1cc(F)ccc1Br)O2. The largest absolute Gasteiger partial charge is 0.488 e. The Labute approximate surface area is 123 Å². The monoisotopic (exact) mass is 339 g/mol. The van der Waals surface area contributed by atoms with Crippen LogP contribution in [0.1, 0.15) is 5.56 Å². The van der Waals surface area contributed by atoms with Gasteiger partial charge in [-0.2, -0.15) is 0 Å². The molecular formula is C15H12BrF2NO. The number of nitrogens with one attached hydrogen (secondary N) is 1. The van der Waals surface area contributed by atoms with E-state index in [-0.39, 0.29) is 17.7 Å². The number of ether oxygens (including phenoxy) is 1. The average Bonchev–Trinajstić information content (AvgIpc) is 2.81. The number of hydrogen-bond donors (Lipinski definition) is 1. The molecule has 20 heavy (non-hydrogen) atoms. The molecular weight excluding hydrogens is 328 g/mol. The minimum Gasteiger partial charge on any atom is -0.488 e. The quantitative estimate of drug-likeness (QED) is 0.907. The van der Waals surface area contributed by atoms with E-state index in [0.29, 0.717) is 18.7 Å². The molecule has 0 amide bonds. The highest BCUT2D eigenvalue weighted by molar-refractivity contribution is 9.10. The number of rotatable bonds is 3. The first-order valence-corrected chi connectivity index (χ1v) is 7.05. The van der Waals surface area contributed by atoms with Gasteiger partial charge in [0.15, 0.2) is 0 Å². The third kappa shape index (κ3) is 2.77. The van der Waals surface area contributed by atoms with E-state index in [1.807, 2.05) is 0 Å². The van der Waals surface area contributed by atoms with Gasteiger partial charge in [-0.15, -0.1) is 0 Å². The van der Waals surface area contributed by atoms with Crippen LogP contribution in [-0.2, 0) is 6.42 Å². The summed E-state index contributed by atoms with van der Waals surface area (Å²) in [4.78, 5) is 0. The van der Waals surface area contributed by atoms with Gasteiger partial charge in [0.1, 0.15) is 23.5 Å². The molecule has 1 heterocycles. The van der Waals surface area contributed by atoms with Gasteiger partial charge in [-0.25, -0.2) is 8.78 Å². The van der Waals surface area contributed by atoms with Crippen LogP contribution in [0.5, 0.6) is 5.75 Å². The van der Waals surface area contributed by atoms with Crippen LogP contribution in [0.25, 0.3) is 0 Å². The maximum atomic E-state index is 13.2.